The summed E-state index contributed by atoms with van der Waals surface area (Å²) in [4.78, 5) is 9.97. The van der Waals surface area contributed by atoms with E-state index in [2.05, 4.69) is 47.1 Å². The van der Waals surface area contributed by atoms with E-state index in [-0.39, 0.29) is 31.4 Å². The summed E-state index contributed by atoms with van der Waals surface area (Å²) in [6.07, 6.45) is -0.721. The summed E-state index contributed by atoms with van der Waals surface area (Å²) >= 11 is 0. The first-order valence-electron chi connectivity index (χ1n) is 11.2. The predicted molar refractivity (Wildman–Crippen MR) is 142 cm³/mol. The van der Waals surface area contributed by atoms with Gasteiger partial charge in [0.2, 0.25) is 0 Å². The van der Waals surface area contributed by atoms with Gasteiger partial charge in [-0.25, -0.2) is 4.98 Å². The summed E-state index contributed by atoms with van der Waals surface area (Å²) in [6.45, 7) is 11.0. The molecule has 1 saturated heterocycles. The fourth-order valence-electron chi connectivity index (χ4n) is 4.22. The largest absolute Gasteiger partial charge is 0.396 e. The van der Waals surface area contributed by atoms with Crippen LogP contribution in [-0.4, -0.2) is 59.4 Å². The van der Waals surface area contributed by atoms with Gasteiger partial charge in [-0.15, -0.1) is 24.8 Å². The summed E-state index contributed by atoms with van der Waals surface area (Å²) in [5.74, 6) is 1.05. The van der Waals surface area contributed by atoms with E-state index in [1.807, 2.05) is 38.1 Å². The zero-order chi connectivity index (χ0) is 22.0. The van der Waals surface area contributed by atoms with Crippen molar-refractivity contribution in [1.29, 1.82) is 0 Å². The molecule has 1 unspecified atom stereocenters. The van der Waals surface area contributed by atoms with E-state index in [9.17, 15) is 10.2 Å². The van der Waals surface area contributed by atoms with Gasteiger partial charge in [-0.2, -0.15) is 0 Å². The number of likely N-dealkylation sites (N-methyl/N-ethyl adjacent to an activating group) is 1. The quantitative estimate of drug-likeness (QED) is 0.511. The number of rotatable bonds is 6. The molecule has 5 nitrogen and oxygen atoms in total. The van der Waals surface area contributed by atoms with Crippen molar-refractivity contribution in [3.63, 3.8) is 0 Å². The molecule has 1 fully saturated rings. The Morgan fingerprint density at radius 2 is 1.61 bits per heavy atom. The topological polar surface area (TPSA) is 59.8 Å². The Hall–Kier alpha value is -1.89. The first-order valence-corrected chi connectivity index (χ1v) is 11.2. The summed E-state index contributed by atoms with van der Waals surface area (Å²) < 4.78 is 0. The molecule has 0 bridgehead atoms. The lowest BCUT2D eigenvalue weighted by Crippen LogP contribution is -2.46. The molecular formula is C26H35Cl2N3O2. The molecule has 0 radical (unpaired) electrons. The standard InChI is InChI=1S/C26H33N3O2.2ClH/c1-4-28-13-15-29(16-14-28)25-22-8-6-5-7-21(22)17-23(27-25)19-9-11-20(12-10-19)24(31)26(2,3)18-30;;/h5-12,17,24,30-31H,4,13-16,18H2,1-3H3;2*1H. The molecule has 4 rings (SSSR count). The Morgan fingerprint density at radius 1 is 0.970 bits per heavy atom. The van der Waals surface area contributed by atoms with Crippen molar-refractivity contribution >= 4 is 41.4 Å². The second-order valence-electron chi connectivity index (χ2n) is 9.14. The molecule has 7 heteroatoms. The van der Waals surface area contributed by atoms with E-state index in [0.29, 0.717) is 0 Å². The number of fused-ring (bicyclic) bond motifs is 1. The number of anilines is 1. The maximum atomic E-state index is 10.6. The van der Waals surface area contributed by atoms with Crippen molar-refractivity contribution in [1.82, 2.24) is 9.88 Å². The van der Waals surface area contributed by atoms with Crippen LogP contribution in [0.5, 0.6) is 0 Å². The van der Waals surface area contributed by atoms with Crippen LogP contribution in [0.1, 0.15) is 32.4 Å². The van der Waals surface area contributed by atoms with Crippen LogP contribution in [0.25, 0.3) is 22.0 Å². The highest BCUT2D eigenvalue weighted by atomic mass is 35.5. The zero-order valence-electron chi connectivity index (χ0n) is 19.6. The molecule has 33 heavy (non-hydrogen) atoms. The minimum Gasteiger partial charge on any atom is -0.396 e. The monoisotopic (exact) mass is 491 g/mol. The third-order valence-electron chi connectivity index (χ3n) is 6.51. The lowest BCUT2D eigenvalue weighted by Gasteiger charge is -2.35. The van der Waals surface area contributed by atoms with Crippen LogP contribution in [0.2, 0.25) is 0 Å². The van der Waals surface area contributed by atoms with Gasteiger partial charge in [0.15, 0.2) is 0 Å². The molecule has 0 saturated carbocycles. The van der Waals surface area contributed by atoms with Gasteiger partial charge >= 0.3 is 0 Å². The first kappa shape index (κ1) is 27.4. The Balaban J connectivity index is 0.00000193. The van der Waals surface area contributed by atoms with Gasteiger partial charge in [0.1, 0.15) is 5.82 Å². The van der Waals surface area contributed by atoms with Gasteiger partial charge < -0.3 is 20.0 Å². The molecule has 3 aromatic rings. The van der Waals surface area contributed by atoms with Gasteiger partial charge in [-0.3, -0.25) is 0 Å². The Kier molecular flexibility index (Phi) is 9.53. The highest BCUT2D eigenvalue weighted by Crippen LogP contribution is 2.35. The minimum absolute atomic E-state index is 0. The van der Waals surface area contributed by atoms with E-state index in [1.54, 1.807) is 0 Å². The number of halogens is 2. The molecule has 1 aromatic heterocycles. The van der Waals surface area contributed by atoms with Crippen LogP contribution in [0.4, 0.5) is 5.82 Å². The van der Waals surface area contributed by atoms with Crippen LogP contribution < -0.4 is 4.90 Å². The minimum atomic E-state index is -0.721. The number of hydrogen-bond acceptors (Lipinski definition) is 5. The number of piperazine rings is 1. The summed E-state index contributed by atoms with van der Waals surface area (Å²) in [5, 5.41) is 22.6. The molecule has 0 amide bonds. The van der Waals surface area contributed by atoms with E-state index >= 15 is 0 Å². The highest BCUT2D eigenvalue weighted by molar-refractivity contribution is 5.95. The van der Waals surface area contributed by atoms with E-state index in [1.165, 1.54) is 10.8 Å². The van der Waals surface area contributed by atoms with Crippen LogP contribution >= 0.6 is 24.8 Å². The van der Waals surface area contributed by atoms with Crippen LogP contribution in [0.3, 0.4) is 0 Å². The summed E-state index contributed by atoms with van der Waals surface area (Å²) in [6, 6.07) is 18.5. The van der Waals surface area contributed by atoms with Crippen LogP contribution in [0, 0.1) is 5.41 Å². The Morgan fingerprint density at radius 3 is 2.21 bits per heavy atom. The van der Waals surface area contributed by atoms with Crippen molar-refractivity contribution in [2.24, 2.45) is 5.41 Å². The van der Waals surface area contributed by atoms with Crippen molar-refractivity contribution in [3.05, 3.63) is 60.2 Å². The summed E-state index contributed by atoms with van der Waals surface area (Å²) in [7, 11) is 0. The van der Waals surface area contributed by atoms with Crippen molar-refractivity contribution in [2.75, 3.05) is 44.2 Å². The van der Waals surface area contributed by atoms with E-state index in [4.69, 9.17) is 4.98 Å². The number of hydrogen-bond donors (Lipinski definition) is 2. The number of pyridine rings is 1. The highest BCUT2D eigenvalue weighted by Gasteiger charge is 2.28. The first-order chi connectivity index (χ1) is 14.9. The lowest BCUT2D eigenvalue weighted by molar-refractivity contribution is 0.00639. The summed E-state index contributed by atoms with van der Waals surface area (Å²) in [5.41, 5.74) is 2.18. The van der Waals surface area contributed by atoms with E-state index < -0.39 is 11.5 Å². The molecular weight excluding hydrogens is 457 g/mol. The van der Waals surface area contributed by atoms with Gasteiger partial charge in [-0.1, -0.05) is 69.3 Å². The Labute approximate surface area is 209 Å². The van der Waals surface area contributed by atoms with E-state index in [0.717, 1.165) is 55.4 Å². The Bertz CT molecular complexity index is 1040. The molecule has 180 valence electrons. The van der Waals surface area contributed by atoms with Crippen molar-refractivity contribution in [3.8, 4) is 11.3 Å². The SMILES string of the molecule is CCN1CCN(c2nc(-c3ccc(C(O)C(C)(C)CO)cc3)cc3ccccc23)CC1.Cl.Cl. The van der Waals surface area contributed by atoms with Crippen molar-refractivity contribution in [2.45, 2.75) is 26.9 Å². The number of benzene rings is 2. The third-order valence-corrected chi connectivity index (χ3v) is 6.51. The fourth-order valence-corrected chi connectivity index (χ4v) is 4.22. The van der Waals surface area contributed by atoms with Gasteiger partial charge in [-0.05, 0) is 23.6 Å². The average Bonchev–Trinajstić information content (AvgIpc) is 2.83. The molecule has 2 aromatic carbocycles. The predicted octanol–water partition coefficient (Wildman–Crippen LogP) is 4.94. The molecule has 2 N–H and O–H groups in total. The van der Waals surface area contributed by atoms with Gasteiger partial charge in [0.05, 0.1) is 18.4 Å². The smallest absolute Gasteiger partial charge is 0.137 e. The number of aromatic nitrogens is 1. The number of aliphatic hydroxyl groups excluding tert-OH is 2. The van der Waals surface area contributed by atoms with Crippen LogP contribution in [-0.2, 0) is 0 Å². The average molecular weight is 492 g/mol. The van der Waals surface area contributed by atoms with Gasteiger partial charge in [0.25, 0.3) is 0 Å². The fraction of sp³-hybridized carbons (Fsp3) is 0.423. The molecule has 1 atom stereocenters. The third kappa shape index (κ3) is 5.79. The molecule has 1 aliphatic rings. The number of nitrogens with zero attached hydrogens (tertiary/aromatic N) is 3. The normalized spacial score (nSPS) is 15.6. The van der Waals surface area contributed by atoms with Gasteiger partial charge in [0, 0.05) is 42.5 Å². The van der Waals surface area contributed by atoms with Crippen LogP contribution in [0.15, 0.2) is 54.6 Å². The maximum absolute atomic E-state index is 10.6. The molecule has 1 aliphatic heterocycles. The maximum Gasteiger partial charge on any atom is 0.137 e. The molecule has 0 spiro atoms. The van der Waals surface area contributed by atoms with Crippen molar-refractivity contribution < 1.29 is 10.2 Å². The second-order valence-corrected chi connectivity index (χ2v) is 9.14. The lowest BCUT2D eigenvalue weighted by atomic mass is 9.83. The second kappa shape index (κ2) is 11.5. The number of aliphatic hydroxyl groups is 2. The molecule has 2 heterocycles. The zero-order valence-corrected chi connectivity index (χ0v) is 21.2. The molecule has 0 aliphatic carbocycles.